The third-order valence-corrected chi connectivity index (χ3v) is 6.20. The molecule has 1 fully saturated rings. The standard InChI is InChI=1S/C19H28N2O5S/c1-13(2)11-17(18(22)21-10-4-5-15(12-21)19(23)24)20-27(25,26)16-8-6-14(3)7-9-16/h6-9,13,15,17,20H,4-5,10-12H2,1-3H3,(H,23,24)/t15-,17?/m0/s1. The number of benzene rings is 1. The predicted molar refractivity (Wildman–Crippen MR) is 102 cm³/mol. The van der Waals surface area contributed by atoms with E-state index in [1.165, 1.54) is 17.0 Å². The van der Waals surface area contributed by atoms with Crippen molar-refractivity contribution >= 4 is 21.9 Å². The third kappa shape index (κ3) is 5.77. The van der Waals surface area contributed by atoms with Gasteiger partial charge >= 0.3 is 5.97 Å². The Balaban J connectivity index is 2.20. The van der Waals surface area contributed by atoms with Crippen LogP contribution >= 0.6 is 0 Å². The van der Waals surface area contributed by atoms with Crippen LogP contribution in [0.2, 0.25) is 0 Å². The first-order chi connectivity index (χ1) is 12.6. The number of amides is 1. The van der Waals surface area contributed by atoms with Crippen molar-refractivity contribution < 1.29 is 23.1 Å². The Kier molecular flexibility index (Phi) is 7.00. The van der Waals surface area contributed by atoms with Gasteiger partial charge in [0.15, 0.2) is 0 Å². The number of carboxylic acid groups (broad SMARTS) is 1. The highest BCUT2D eigenvalue weighted by Crippen LogP contribution is 2.20. The number of nitrogens with zero attached hydrogens (tertiary/aromatic N) is 1. The zero-order valence-corrected chi connectivity index (χ0v) is 16.8. The summed E-state index contributed by atoms with van der Waals surface area (Å²) < 4.78 is 28.0. The highest BCUT2D eigenvalue weighted by Gasteiger charge is 2.34. The lowest BCUT2D eigenvalue weighted by Gasteiger charge is -2.34. The maximum absolute atomic E-state index is 13.0. The van der Waals surface area contributed by atoms with Gasteiger partial charge in [-0.1, -0.05) is 31.5 Å². The van der Waals surface area contributed by atoms with Gasteiger partial charge in [0.05, 0.1) is 10.8 Å². The van der Waals surface area contributed by atoms with Crippen LogP contribution in [0.5, 0.6) is 0 Å². The number of carbonyl (C=O) groups is 2. The van der Waals surface area contributed by atoms with E-state index in [9.17, 15) is 23.1 Å². The number of hydrogen-bond acceptors (Lipinski definition) is 4. The molecule has 150 valence electrons. The van der Waals surface area contributed by atoms with Gasteiger partial charge in [-0.05, 0) is 44.2 Å². The first kappa shape index (κ1) is 21.4. The number of aliphatic carboxylic acids is 1. The van der Waals surface area contributed by atoms with Crippen molar-refractivity contribution in [1.82, 2.24) is 9.62 Å². The molecule has 1 aromatic rings. The molecule has 1 aliphatic rings. The second-order valence-corrected chi connectivity index (χ2v) is 9.29. The van der Waals surface area contributed by atoms with Gasteiger partial charge in [-0.2, -0.15) is 4.72 Å². The van der Waals surface area contributed by atoms with Gasteiger partial charge in [0, 0.05) is 13.1 Å². The molecule has 2 N–H and O–H groups in total. The second-order valence-electron chi connectivity index (χ2n) is 7.58. The number of piperidine rings is 1. The molecule has 0 aliphatic carbocycles. The molecule has 2 rings (SSSR count). The lowest BCUT2D eigenvalue weighted by atomic mass is 9.96. The summed E-state index contributed by atoms with van der Waals surface area (Å²) >= 11 is 0. The summed E-state index contributed by atoms with van der Waals surface area (Å²) in [5, 5.41) is 9.23. The van der Waals surface area contributed by atoms with Crippen LogP contribution in [-0.2, 0) is 19.6 Å². The number of carbonyl (C=O) groups excluding carboxylic acids is 1. The van der Waals surface area contributed by atoms with Crippen LogP contribution in [0.3, 0.4) is 0 Å². The molecule has 8 heteroatoms. The lowest BCUT2D eigenvalue weighted by molar-refractivity contribution is -0.146. The molecule has 1 aromatic carbocycles. The predicted octanol–water partition coefficient (Wildman–Crippen LogP) is 2.01. The quantitative estimate of drug-likeness (QED) is 0.734. The van der Waals surface area contributed by atoms with E-state index in [1.54, 1.807) is 12.1 Å². The Morgan fingerprint density at radius 2 is 1.89 bits per heavy atom. The van der Waals surface area contributed by atoms with Crippen LogP contribution in [0, 0.1) is 18.8 Å². The molecular formula is C19H28N2O5S. The highest BCUT2D eigenvalue weighted by atomic mass is 32.2. The maximum atomic E-state index is 13.0. The smallest absolute Gasteiger partial charge is 0.308 e. The molecule has 1 heterocycles. The minimum absolute atomic E-state index is 0.0970. The van der Waals surface area contributed by atoms with Crippen LogP contribution in [0.25, 0.3) is 0 Å². The van der Waals surface area contributed by atoms with Gasteiger partial charge in [0.1, 0.15) is 6.04 Å². The lowest BCUT2D eigenvalue weighted by Crippen LogP contribution is -2.52. The summed E-state index contributed by atoms with van der Waals surface area (Å²) in [4.78, 5) is 25.8. The molecule has 0 aromatic heterocycles. The molecule has 0 saturated carbocycles. The summed E-state index contributed by atoms with van der Waals surface area (Å²) in [6, 6.07) is 5.52. The van der Waals surface area contributed by atoms with Gasteiger partial charge in [-0.25, -0.2) is 8.42 Å². The Bertz CT molecular complexity index is 774. The van der Waals surface area contributed by atoms with E-state index in [0.29, 0.717) is 25.8 Å². The van der Waals surface area contributed by atoms with Crippen LogP contribution in [-0.4, -0.2) is 49.4 Å². The van der Waals surface area contributed by atoms with Crippen molar-refractivity contribution in [1.29, 1.82) is 0 Å². The fourth-order valence-electron chi connectivity index (χ4n) is 3.24. The van der Waals surface area contributed by atoms with Gasteiger partial charge in [-0.3, -0.25) is 9.59 Å². The van der Waals surface area contributed by atoms with Gasteiger partial charge < -0.3 is 10.0 Å². The summed E-state index contributed by atoms with van der Waals surface area (Å²) in [6.07, 6.45) is 1.48. The minimum atomic E-state index is -3.85. The number of hydrogen-bond donors (Lipinski definition) is 2. The van der Waals surface area contributed by atoms with E-state index in [2.05, 4.69) is 4.72 Å². The Morgan fingerprint density at radius 3 is 2.44 bits per heavy atom. The summed E-state index contributed by atoms with van der Waals surface area (Å²) in [7, 11) is -3.85. The van der Waals surface area contributed by atoms with Gasteiger partial charge in [0.25, 0.3) is 0 Å². The molecule has 1 aliphatic heterocycles. The fourth-order valence-corrected chi connectivity index (χ4v) is 4.44. The molecule has 0 spiro atoms. The minimum Gasteiger partial charge on any atom is -0.481 e. The Labute approximate surface area is 160 Å². The number of aryl methyl sites for hydroxylation is 1. The largest absolute Gasteiger partial charge is 0.481 e. The molecule has 27 heavy (non-hydrogen) atoms. The van der Waals surface area contributed by atoms with E-state index in [1.807, 2.05) is 20.8 Å². The monoisotopic (exact) mass is 396 g/mol. The van der Waals surface area contributed by atoms with Crippen molar-refractivity contribution in [3.8, 4) is 0 Å². The zero-order valence-electron chi connectivity index (χ0n) is 16.0. The van der Waals surface area contributed by atoms with Gasteiger partial charge in [-0.15, -0.1) is 0 Å². The first-order valence-electron chi connectivity index (χ1n) is 9.20. The average molecular weight is 397 g/mol. The molecule has 7 nitrogen and oxygen atoms in total. The SMILES string of the molecule is Cc1ccc(S(=O)(=O)NC(CC(C)C)C(=O)N2CCC[C@H](C(=O)O)C2)cc1. The van der Waals surface area contributed by atoms with Crippen LogP contribution in [0.15, 0.2) is 29.2 Å². The molecule has 1 amide bonds. The van der Waals surface area contributed by atoms with E-state index in [4.69, 9.17) is 0 Å². The Morgan fingerprint density at radius 1 is 1.26 bits per heavy atom. The first-order valence-corrected chi connectivity index (χ1v) is 10.7. The van der Waals surface area contributed by atoms with Crippen molar-refractivity contribution in [2.45, 2.75) is 51.0 Å². The van der Waals surface area contributed by atoms with Crippen molar-refractivity contribution in [3.63, 3.8) is 0 Å². The average Bonchev–Trinajstić information content (AvgIpc) is 2.60. The van der Waals surface area contributed by atoms with Crippen molar-refractivity contribution in [2.24, 2.45) is 11.8 Å². The molecular weight excluding hydrogens is 368 g/mol. The number of nitrogens with one attached hydrogen (secondary N) is 1. The summed E-state index contributed by atoms with van der Waals surface area (Å²) in [6.45, 7) is 6.26. The third-order valence-electron chi connectivity index (χ3n) is 4.72. The van der Waals surface area contributed by atoms with Crippen LogP contribution in [0.4, 0.5) is 0 Å². The van der Waals surface area contributed by atoms with Gasteiger partial charge in [0.2, 0.25) is 15.9 Å². The molecule has 1 unspecified atom stereocenters. The second kappa shape index (κ2) is 8.84. The molecule has 1 saturated heterocycles. The summed E-state index contributed by atoms with van der Waals surface area (Å²) in [5.74, 6) is -1.78. The van der Waals surface area contributed by atoms with Crippen LogP contribution < -0.4 is 4.72 Å². The highest BCUT2D eigenvalue weighted by molar-refractivity contribution is 7.89. The molecule has 2 atom stereocenters. The number of sulfonamides is 1. The number of rotatable bonds is 7. The molecule has 0 bridgehead atoms. The summed E-state index contributed by atoms with van der Waals surface area (Å²) in [5.41, 5.74) is 0.941. The fraction of sp³-hybridized carbons (Fsp3) is 0.579. The van der Waals surface area contributed by atoms with Crippen LogP contribution in [0.1, 0.15) is 38.7 Å². The maximum Gasteiger partial charge on any atom is 0.308 e. The normalized spacial score (nSPS) is 19.1. The van der Waals surface area contributed by atoms with E-state index in [-0.39, 0.29) is 23.3 Å². The van der Waals surface area contributed by atoms with Crippen molar-refractivity contribution in [2.75, 3.05) is 13.1 Å². The van der Waals surface area contributed by atoms with E-state index in [0.717, 1.165) is 5.56 Å². The Hall–Kier alpha value is -1.93. The topological polar surface area (TPSA) is 104 Å². The zero-order chi connectivity index (χ0) is 20.2. The number of likely N-dealkylation sites (tertiary alicyclic amines) is 1. The van der Waals surface area contributed by atoms with E-state index < -0.39 is 28.0 Å². The van der Waals surface area contributed by atoms with E-state index >= 15 is 0 Å². The molecule has 0 radical (unpaired) electrons. The number of carboxylic acids is 1. The van der Waals surface area contributed by atoms with Crippen molar-refractivity contribution in [3.05, 3.63) is 29.8 Å².